The van der Waals surface area contributed by atoms with Crippen LogP contribution >= 0.6 is 0 Å². The fourth-order valence-corrected chi connectivity index (χ4v) is 1.72. The minimum Gasteiger partial charge on any atom is -0.406 e. The maximum atomic E-state index is 12.7. The molecule has 0 spiro atoms. The molecular formula is C11H17F3N4O. The van der Waals surface area contributed by atoms with Crippen molar-refractivity contribution in [2.75, 3.05) is 11.9 Å². The van der Waals surface area contributed by atoms with Gasteiger partial charge in [-0.3, -0.25) is 0 Å². The predicted octanol–water partition coefficient (Wildman–Crippen LogP) is 2.64. The van der Waals surface area contributed by atoms with E-state index < -0.39 is 11.7 Å². The molecule has 0 saturated heterocycles. The highest BCUT2D eigenvalue weighted by atomic mass is 19.4. The van der Waals surface area contributed by atoms with E-state index in [1.807, 2.05) is 13.8 Å². The summed E-state index contributed by atoms with van der Waals surface area (Å²) in [4.78, 5) is 0. The summed E-state index contributed by atoms with van der Waals surface area (Å²) in [6.45, 7) is 4.61. The van der Waals surface area contributed by atoms with E-state index >= 15 is 0 Å². The molecule has 8 heteroatoms. The van der Waals surface area contributed by atoms with Gasteiger partial charge in [-0.05, 0) is 32.7 Å². The van der Waals surface area contributed by atoms with Crippen LogP contribution in [0.2, 0.25) is 0 Å². The minimum atomic E-state index is -4.30. The first-order valence-electron chi connectivity index (χ1n) is 6.29. The highest BCUT2D eigenvalue weighted by molar-refractivity contribution is 5.32. The smallest absolute Gasteiger partial charge is 0.406 e. The normalized spacial score (nSPS) is 19.2. The molecule has 0 radical (unpaired) electrons. The molecule has 19 heavy (non-hydrogen) atoms. The van der Waals surface area contributed by atoms with Gasteiger partial charge in [0.1, 0.15) is 5.54 Å². The lowest BCUT2D eigenvalue weighted by molar-refractivity contribution is -0.151. The van der Waals surface area contributed by atoms with Gasteiger partial charge in [0.15, 0.2) is 0 Å². The Kier molecular flexibility index (Phi) is 3.71. The van der Waals surface area contributed by atoms with Gasteiger partial charge in [-0.1, -0.05) is 12.0 Å². The third kappa shape index (κ3) is 2.99. The second kappa shape index (κ2) is 4.99. The lowest BCUT2D eigenvalue weighted by Crippen LogP contribution is -2.38. The Labute approximate surface area is 109 Å². The minimum absolute atomic E-state index is 0.0395. The van der Waals surface area contributed by atoms with Crippen LogP contribution in [-0.4, -0.2) is 28.5 Å². The van der Waals surface area contributed by atoms with E-state index in [0.717, 1.165) is 13.0 Å². The summed E-state index contributed by atoms with van der Waals surface area (Å²) in [7, 11) is 0. The summed E-state index contributed by atoms with van der Waals surface area (Å²) in [6.07, 6.45) is -3.27. The summed E-state index contributed by atoms with van der Waals surface area (Å²) in [5.41, 5.74) is -1.88. The van der Waals surface area contributed by atoms with Gasteiger partial charge in [-0.2, -0.15) is 13.2 Å². The largest absolute Gasteiger partial charge is 0.411 e. The van der Waals surface area contributed by atoms with Crippen molar-refractivity contribution in [3.8, 4) is 0 Å². The lowest BCUT2D eigenvalue weighted by Gasteiger charge is -2.18. The van der Waals surface area contributed by atoms with Gasteiger partial charge in [0, 0.05) is 0 Å². The van der Waals surface area contributed by atoms with Gasteiger partial charge < -0.3 is 15.1 Å². The van der Waals surface area contributed by atoms with Crippen LogP contribution in [0.1, 0.15) is 45.0 Å². The highest BCUT2D eigenvalue weighted by Crippen LogP contribution is 2.51. The maximum absolute atomic E-state index is 12.7. The molecule has 2 N–H and O–H groups in total. The van der Waals surface area contributed by atoms with Crippen molar-refractivity contribution < 1.29 is 17.6 Å². The van der Waals surface area contributed by atoms with E-state index in [0.29, 0.717) is 0 Å². The fourth-order valence-electron chi connectivity index (χ4n) is 1.72. The average Bonchev–Trinajstić information content (AvgIpc) is 2.97. The SMILES string of the molecule is CCCNC(C)c1nnc(NC2(C(F)(F)F)CC2)o1. The van der Waals surface area contributed by atoms with Crippen molar-refractivity contribution in [1.82, 2.24) is 15.5 Å². The molecule has 1 unspecified atom stereocenters. The van der Waals surface area contributed by atoms with Gasteiger partial charge in [-0.25, -0.2) is 0 Å². The Bertz CT molecular complexity index is 428. The molecule has 1 heterocycles. The number of halogens is 3. The van der Waals surface area contributed by atoms with Crippen LogP contribution < -0.4 is 10.6 Å². The quantitative estimate of drug-likeness (QED) is 0.837. The lowest BCUT2D eigenvalue weighted by atomic mass is 10.3. The molecule has 1 aliphatic carbocycles. The van der Waals surface area contributed by atoms with Crippen LogP contribution in [-0.2, 0) is 0 Å². The van der Waals surface area contributed by atoms with E-state index in [1.165, 1.54) is 0 Å². The van der Waals surface area contributed by atoms with E-state index in [4.69, 9.17) is 4.42 Å². The second-order valence-corrected chi connectivity index (χ2v) is 4.83. The molecular weight excluding hydrogens is 261 g/mol. The number of hydrogen-bond acceptors (Lipinski definition) is 5. The van der Waals surface area contributed by atoms with Crippen LogP contribution in [0.5, 0.6) is 0 Å². The van der Waals surface area contributed by atoms with E-state index in [1.54, 1.807) is 0 Å². The molecule has 5 nitrogen and oxygen atoms in total. The summed E-state index contributed by atoms with van der Waals surface area (Å²) in [6, 6.07) is -0.348. The maximum Gasteiger partial charge on any atom is 0.411 e. The Balaban J connectivity index is 1.98. The molecule has 0 aromatic carbocycles. The highest BCUT2D eigenvalue weighted by Gasteiger charge is 2.64. The van der Waals surface area contributed by atoms with Crippen LogP contribution in [0.4, 0.5) is 19.2 Å². The molecule has 1 aromatic rings. The molecule has 108 valence electrons. The summed E-state index contributed by atoms with van der Waals surface area (Å²) < 4.78 is 43.5. The Morgan fingerprint density at radius 2 is 2.05 bits per heavy atom. The second-order valence-electron chi connectivity index (χ2n) is 4.83. The van der Waals surface area contributed by atoms with Crippen molar-refractivity contribution in [1.29, 1.82) is 0 Å². The van der Waals surface area contributed by atoms with Crippen LogP contribution in [0.3, 0.4) is 0 Å². The molecule has 0 bridgehead atoms. The average molecular weight is 278 g/mol. The fraction of sp³-hybridized carbons (Fsp3) is 0.818. The predicted molar refractivity (Wildman–Crippen MR) is 62.6 cm³/mol. The van der Waals surface area contributed by atoms with Gasteiger partial charge in [0.05, 0.1) is 6.04 Å². The van der Waals surface area contributed by atoms with Crippen LogP contribution in [0, 0.1) is 0 Å². The Morgan fingerprint density at radius 1 is 1.37 bits per heavy atom. The first-order chi connectivity index (χ1) is 8.88. The number of nitrogens with one attached hydrogen (secondary N) is 2. The monoisotopic (exact) mass is 278 g/mol. The molecule has 2 rings (SSSR count). The number of aromatic nitrogens is 2. The molecule has 0 amide bonds. The van der Waals surface area contributed by atoms with Crippen molar-refractivity contribution in [3.05, 3.63) is 5.89 Å². The summed E-state index contributed by atoms with van der Waals surface area (Å²) in [5, 5.41) is 12.8. The number of alkyl halides is 3. The molecule has 1 aromatic heterocycles. The van der Waals surface area contributed by atoms with Crippen molar-refractivity contribution in [2.24, 2.45) is 0 Å². The number of rotatable bonds is 6. The van der Waals surface area contributed by atoms with Gasteiger partial charge in [0.25, 0.3) is 0 Å². The molecule has 1 fully saturated rings. The third-order valence-corrected chi connectivity index (χ3v) is 3.15. The molecule has 1 atom stereocenters. The van der Waals surface area contributed by atoms with Gasteiger partial charge >= 0.3 is 12.2 Å². The van der Waals surface area contributed by atoms with E-state index in [9.17, 15) is 13.2 Å². The Morgan fingerprint density at radius 3 is 2.58 bits per heavy atom. The number of hydrogen-bond donors (Lipinski definition) is 2. The van der Waals surface area contributed by atoms with Crippen LogP contribution in [0.25, 0.3) is 0 Å². The Hall–Kier alpha value is -1.31. The molecule has 1 saturated carbocycles. The summed E-state index contributed by atoms with van der Waals surface area (Å²) in [5.74, 6) is 0.286. The first-order valence-corrected chi connectivity index (χ1v) is 6.29. The zero-order valence-corrected chi connectivity index (χ0v) is 10.8. The molecule has 1 aliphatic rings. The molecule has 0 aliphatic heterocycles. The van der Waals surface area contributed by atoms with Gasteiger partial charge in [-0.15, -0.1) is 5.10 Å². The van der Waals surface area contributed by atoms with Crippen molar-refractivity contribution >= 4 is 6.01 Å². The van der Waals surface area contributed by atoms with Crippen LogP contribution in [0.15, 0.2) is 4.42 Å². The zero-order chi connectivity index (χ0) is 14.1. The zero-order valence-electron chi connectivity index (χ0n) is 10.8. The number of anilines is 1. The summed E-state index contributed by atoms with van der Waals surface area (Å²) >= 11 is 0. The van der Waals surface area contributed by atoms with E-state index in [2.05, 4.69) is 20.8 Å². The standard InChI is InChI=1S/C11H17F3N4O/c1-3-6-15-7(2)8-17-18-9(19-8)16-10(4-5-10)11(12,13)14/h7,15H,3-6H2,1-2H3,(H,16,18). The number of nitrogens with zero attached hydrogens (tertiary/aromatic N) is 2. The van der Waals surface area contributed by atoms with E-state index in [-0.39, 0.29) is 30.8 Å². The van der Waals surface area contributed by atoms with Gasteiger partial charge in [0.2, 0.25) is 5.89 Å². The van der Waals surface area contributed by atoms with Crippen molar-refractivity contribution in [2.45, 2.75) is 50.9 Å². The topological polar surface area (TPSA) is 63.0 Å². The first kappa shape index (κ1) is 14.1. The third-order valence-electron chi connectivity index (χ3n) is 3.15. The van der Waals surface area contributed by atoms with Crippen molar-refractivity contribution in [3.63, 3.8) is 0 Å².